The largest absolute Gasteiger partial charge is 0.493 e. The number of rotatable bonds is 15. The van der Waals surface area contributed by atoms with Crippen LogP contribution in [0.5, 0.6) is 17.2 Å². The molecule has 9 nitrogen and oxygen atoms in total. The number of thioether (sulfide) groups is 1. The first kappa shape index (κ1) is 36.4. The van der Waals surface area contributed by atoms with Gasteiger partial charge in [0.25, 0.3) is 0 Å². The van der Waals surface area contributed by atoms with Crippen LogP contribution < -0.4 is 14.2 Å². The predicted octanol–water partition coefficient (Wildman–Crippen LogP) is 8.15. The lowest BCUT2D eigenvalue weighted by atomic mass is 9.97. The van der Waals surface area contributed by atoms with Crippen molar-refractivity contribution in [3.8, 4) is 39.5 Å². The average molecular weight is 689 g/mol. The zero-order valence-corrected chi connectivity index (χ0v) is 29.0. The van der Waals surface area contributed by atoms with Gasteiger partial charge in [-0.2, -0.15) is 0 Å². The standard InChI is InChI=1S/C39H44O9S/c1-5-42-37-33(28-12-16-30(17-13-28)47-38(40)26(2)24-45-35-10-6-8-20-43-35)22-32(49-4)23-34(37)29-14-18-31(19-15-29)48-39(41)27(3)25-46-36-11-7-9-21-44-36/h12-19,22-23,35-36H,2-3,5-11,20-21,24-25H2,1,4H3. The summed E-state index contributed by atoms with van der Waals surface area (Å²) in [6.07, 6.45) is 7.11. The minimum absolute atomic E-state index is 0.0490. The normalized spacial score (nSPS) is 17.6. The summed E-state index contributed by atoms with van der Waals surface area (Å²) in [6.45, 7) is 11.5. The summed E-state index contributed by atoms with van der Waals surface area (Å²) in [7, 11) is 0. The summed E-state index contributed by atoms with van der Waals surface area (Å²) in [5.41, 5.74) is 4.00. The molecule has 0 bridgehead atoms. The van der Waals surface area contributed by atoms with Gasteiger partial charge >= 0.3 is 11.9 Å². The molecular formula is C39H44O9S. The Kier molecular flexibility index (Phi) is 13.5. The minimum Gasteiger partial charge on any atom is -0.493 e. The van der Waals surface area contributed by atoms with Gasteiger partial charge in [0.1, 0.15) is 17.2 Å². The third kappa shape index (κ3) is 10.3. The molecule has 0 aliphatic carbocycles. The van der Waals surface area contributed by atoms with Gasteiger partial charge in [-0.25, -0.2) is 9.59 Å². The van der Waals surface area contributed by atoms with Gasteiger partial charge in [0, 0.05) is 29.2 Å². The van der Waals surface area contributed by atoms with Crippen molar-refractivity contribution < 1.29 is 42.7 Å². The van der Waals surface area contributed by atoms with Gasteiger partial charge in [-0.05, 0) is 99.2 Å². The number of ether oxygens (including phenoxy) is 7. The second kappa shape index (κ2) is 18.2. The second-order valence-corrected chi connectivity index (χ2v) is 12.6. The molecule has 0 N–H and O–H groups in total. The number of hydrogen-bond donors (Lipinski definition) is 0. The van der Waals surface area contributed by atoms with Gasteiger partial charge in [0.05, 0.1) is 31.0 Å². The molecule has 2 unspecified atom stereocenters. The molecule has 0 radical (unpaired) electrons. The fourth-order valence-electron chi connectivity index (χ4n) is 5.40. The summed E-state index contributed by atoms with van der Waals surface area (Å²) in [5.74, 6) is 0.396. The molecule has 2 fully saturated rings. The first-order valence-electron chi connectivity index (χ1n) is 16.7. The number of esters is 2. The van der Waals surface area contributed by atoms with Crippen LogP contribution in [0.3, 0.4) is 0 Å². The maximum Gasteiger partial charge on any atom is 0.341 e. The van der Waals surface area contributed by atoms with E-state index in [-0.39, 0.29) is 36.9 Å². The summed E-state index contributed by atoms with van der Waals surface area (Å²) >= 11 is 1.62. The number of benzene rings is 3. The van der Waals surface area contributed by atoms with Crippen molar-refractivity contribution in [2.24, 2.45) is 0 Å². The molecule has 0 amide bonds. The average Bonchev–Trinajstić information content (AvgIpc) is 3.14. The SMILES string of the molecule is C=C(COC1CCCCO1)C(=O)Oc1ccc(-c2cc(SC)cc(-c3ccc(OC(=O)C(=C)COC4CCCCO4)cc3)c2OCC)cc1. The Morgan fingerprint density at radius 1 is 0.735 bits per heavy atom. The van der Waals surface area contributed by atoms with Gasteiger partial charge < -0.3 is 33.2 Å². The number of carbonyl (C=O) groups is 2. The van der Waals surface area contributed by atoms with Crippen molar-refractivity contribution in [1.82, 2.24) is 0 Å². The van der Waals surface area contributed by atoms with Crippen molar-refractivity contribution in [3.05, 3.63) is 85.0 Å². The van der Waals surface area contributed by atoms with Crippen molar-refractivity contribution in [2.75, 3.05) is 39.3 Å². The van der Waals surface area contributed by atoms with E-state index in [0.29, 0.717) is 37.1 Å². The summed E-state index contributed by atoms with van der Waals surface area (Å²) in [4.78, 5) is 26.4. The van der Waals surface area contributed by atoms with Gasteiger partial charge in [0.2, 0.25) is 0 Å². The van der Waals surface area contributed by atoms with Crippen LogP contribution in [-0.2, 0) is 28.5 Å². The zero-order valence-electron chi connectivity index (χ0n) is 28.2. The molecule has 5 rings (SSSR count). The molecule has 0 spiro atoms. The Hall–Kier alpha value is -3.93. The van der Waals surface area contributed by atoms with Crippen LogP contribution in [0, 0.1) is 0 Å². The highest BCUT2D eigenvalue weighted by atomic mass is 32.2. The van der Waals surface area contributed by atoms with E-state index in [9.17, 15) is 9.59 Å². The molecule has 0 saturated carbocycles. The van der Waals surface area contributed by atoms with Crippen LogP contribution >= 0.6 is 11.8 Å². The molecule has 0 aromatic heterocycles. The Balaban J connectivity index is 1.26. The molecular weight excluding hydrogens is 644 g/mol. The molecule has 2 aliphatic rings. The van der Waals surface area contributed by atoms with Gasteiger partial charge in [-0.3, -0.25) is 0 Å². The summed E-state index contributed by atoms with van der Waals surface area (Å²) in [6, 6.07) is 18.7. The number of carbonyl (C=O) groups excluding carboxylic acids is 2. The highest BCUT2D eigenvalue weighted by Gasteiger charge is 2.20. The fourth-order valence-corrected chi connectivity index (χ4v) is 5.87. The first-order chi connectivity index (χ1) is 23.8. The van der Waals surface area contributed by atoms with Crippen LogP contribution in [0.25, 0.3) is 22.3 Å². The van der Waals surface area contributed by atoms with Crippen LogP contribution in [-0.4, -0.2) is 63.8 Å². The Morgan fingerprint density at radius 2 is 1.18 bits per heavy atom. The van der Waals surface area contributed by atoms with Gasteiger partial charge in [-0.1, -0.05) is 37.4 Å². The second-order valence-electron chi connectivity index (χ2n) is 11.7. The quantitative estimate of drug-likeness (QED) is 0.0673. The van der Waals surface area contributed by atoms with Gasteiger partial charge in [-0.15, -0.1) is 11.8 Å². The lowest BCUT2D eigenvalue weighted by molar-refractivity contribution is -0.159. The topological polar surface area (TPSA) is 98.8 Å². The maximum absolute atomic E-state index is 12.7. The minimum atomic E-state index is -0.550. The number of hydrogen-bond acceptors (Lipinski definition) is 10. The summed E-state index contributed by atoms with van der Waals surface area (Å²) in [5, 5.41) is 0. The van der Waals surface area contributed by atoms with E-state index in [2.05, 4.69) is 25.3 Å². The van der Waals surface area contributed by atoms with Crippen molar-refractivity contribution in [2.45, 2.75) is 62.9 Å². The molecule has 3 aromatic rings. The fraction of sp³-hybridized carbons (Fsp3) is 0.385. The van der Waals surface area contributed by atoms with E-state index in [1.54, 1.807) is 36.0 Å². The zero-order chi connectivity index (χ0) is 34.6. The highest BCUT2D eigenvalue weighted by Crippen LogP contribution is 2.43. The molecule has 2 saturated heterocycles. The molecule has 2 atom stereocenters. The molecule has 2 aliphatic heterocycles. The van der Waals surface area contributed by atoms with Crippen molar-refractivity contribution in [3.63, 3.8) is 0 Å². The monoisotopic (exact) mass is 688 g/mol. The third-order valence-corrected chi connectivity index (χ3v) is 8.79. The first-order valence-corrected chi connectivity index (χ1v) is 17.9. The lowest BCUT2D eigenvalue weighted by Gasteiger charge is -2.22. The van der Waals surface area contributed by atoms with Gasteiger partial charge in [0.15, 0.2) is 12.6 Å². The molecule has 10 heteroatoms. The van der Waals surface area contributed by atoms with E-state index in [0.717, 1.165) is 65.7 Å². The van der Waals surface area contributed by atoms with Crippen molar-refractivity contribution in [1.29, 1.82) is 0 Å². The van der Waals surface area contributed by atoms with Crippen LogP contribution in [0.15, 0.2) is 89.9 Å². The molecule has 3 aromatic carbocycles. The Labute approximate surface area is 292 Å². The smallest absolute Gasteiger partial charge is 0.341 e. The van der Waals surface area contributed by atoms with E-state index in [1.165, 1.54) is 0 Å². The van der Waals surface area contributed by atoms with Crippen LogP contribution in [0.1, 0.15) is 45.4 Å². The van der Waals surface area contributed by atoms with E-state index in [4.69, 9.17) is 33.2 Å². The Morgan fingerprint density at radius 3 is 1.55 bits per heavy atom. The predicted molar refractivity (Wildman–Crippen MR) is 189 cm³/mol. The lowest BCUT2D eigenvalue weighted by Crippen LogP contribution is -2.25. The maximum atomic E-state index is 12.7. The molecule has 49 heavy (non-hydrogen) atoms. The third-order valence-electron chi connectivity index (χ3n) is 8.08. The van der Waals surface area contributed by atoms with E-state index in [1.807, 2.05) is 37.4 Å². The van der Waals surface area contributed by atoms with Crippen LogP contribution in [0.2, 0.25) is 0 Å². The molecule has 260 valence electrons. The van der Waals surface area contributed by atoms with Crippen molar-refractivity contribution >= 4 is 23.7 Å². The highest BCUT2D eigenvalue weighted by molar-refractivity contribution is 7.98. The van der Waals surface area contributed by atoms with E-state index >= 15 is 0 Å². The van der Waals surface area contributed by atoms with E-state index < -0.39 is 11.9 Å². The Bertz CT molecular complexity index is 1480. The molecule has 2 heterocycles. The summed E-state index contributed by atoms with van der Waals surface area (Å²) < 4.78 is 39.8. The van der Waals surface area contributed by atoms with Crippen LogP contribution in [0.4, 0.5) is 0 Å².